The summed E-state index contributed by atoms with van der Waals surface area (Å²) >= 11 is 0. The van der Waals surface area contributed by atoms with Crippen LogP contribution in [0, 0.1) is 0 Å². The summed E-state index contributed by atoms with van der Waals surface area (Å²) in [6.07, 6.45) is 9.04. The van der Waals surface area contributed by atoms with Crippen LogP contribution in [0.3, 0.4) is 0 Å². The molecule has 1 aromatic carbocycles. The lowest BCUT2D eigenvalue weighted by Crippen LogP contribution is -2.47. The highest BCUT2D eigenvalue weighted by Gasteiger charge is 2.35. The summed E-state index contributed by atoms with van der Waals surface area (Å²) in [7, 11) is 0. The van der Waals surface area contributed by atoms with E-state index in [9.17, 15) is 4.79 Å². The molecule has 0 bridgehead atoms. The lowest BCUT2D eigenvalue weighted by Gasteiger charge is -2.44. The molecule has 1 aliphatic carbocycles. The van der Waals surface area contributed by atoms with E-state index in [1.165, 1.54) is 24.9 Å². The Kier molecular flexibility index (Phi) is 3.51. The second-order valence-electron chi connectivity index (χ2n) is 5.93. The molecule has 106 valence electrons. The quantitative estimate of drug-likeness (QED) is 0.840. The minimum absolute atomic E-state index is 0.148. The Balaban J connectivity index is 2.02. The zero-order chi connectivity index (χ0) is 14.1. The Morgan fingerprint density at radius 1 is 1.35 bits per heavy atom. The van der Waals surface area contributed by atoms with Crippen molar-refractivity contribution in [2.45, 2.75) is 50.6 Å². The maximum atomic E-state index is 11.7. The fraction of sp³-hybridized carbons (Fsp3) is 0.471. The molecule has 0 radical (unpaired) electrons. The van der Waals surface area contributed by atoms with Gasteiger partial charge in [0.1, 0.15) is 0 Å². The van der Waals surface area contributed by atoms with Crippen molar-refractivity contribution in [3.05, 3.63) is 42.0 Å². The van der Waals surface area contributed by atoms with E-state index >= 15 is 0 Å². The molecule has 1 heterocycles. The minimum atomic E-state index is -0.205. The summed E-state index contributed by atoms with van der Waals surface area (Å²) in [4.78, 5) is 14.2. The molecule has 3 heteroatoms. The predicted octanol–water partition coefficient (Wildman–Crippen LogP) is 2.96. The smallest absolute Gasteiger partial charge is 0.225 e. The van der Waals surface area contributed by atoms with Gasteiger partial charge in [-0.05, 0) is 44.2 Å². The molecule has 0 saturated carbocycles. The third kappa shape index (κ3) is 2.21. The van der Waals surface area contributed by atoms with Crippen LogP contribution in [0.15, 0.2) is 36.4 Å². The molecule has 0 aromatic heterocycles. The lowest BCUT2D eigenvalue weighted by atomic mass is 9.83. The molecule has 2 N–H and O–H groups in total. The number of carbonyl (C=O) groups is 1. The second kappa shape index (κ2) is 5.31. The summed E-state index contributed by atoms with van der Waals surface area (Å²) < 4.78 is 0. The normalized spacial score (nSPS) is 29.1. The number of hydrogen-bond acceptors (Lipinski definition) is 2. The number of anilines is 1. The number of para-hydroxylation sites is 1. The fourth-order valence-electron chi connectivity index (χ4n) is 3.64. The van der Waals surface area contributed by atoms with E-state index in [0.717, 1.165) is 12.0 Å². The van der Waals surface area contributed by atoms with Crippen LogP contribution in [0.1, 0.15) is 44.1 Å². The van der Waals surface area contributed by atoms with Gasteiger partial charge in [-0.3, -0.25) is 4.79 Å². The van der Waals surface area contributed by atoms with Gasteiger partial charge in [-0.2, -0.15) is 0 Å². The first-order chi connectivity index (χ1) is 9.68. The number of carbonyl (C=O) groups excluding carboxylic acids is 1. The first-order valence-corrected chi connectivity index (χ1v) is 7.51. The van der Waals surface area contributed by atoms with Crippen LogP contribution in [0.25, 0.3) is 0 Å². The van der Waals surface area contributed by atoms with E-state index in [1.54, 1.807) is 0 Å². The zero-order valence-corrected chi connectivity index (χ0v) is 12.0. The molecule has 0 saturated heterocycles. The molecule has 0 unspecified atom stereocenters. The van der Waals surface area contributed by atoms with Crippen LogP contribution in [0.4, 0.5) is 5.69 Å². The van der Waals surface area contributed by atoms with Crippen LogP contribution in [0.5, 0.6) is 0 Å². The van der Waals surface area contributed by atoms with Gasteiger partial charge in [0.15, 0.2) is 0 Å². The number of fused-ring (bicyclic) bond motifs is 1. The number of allylic oxidation sites excluding steroid dienone is 1. The van der Waals surface area contributed by atoms with E-state index in [4.69, 9.17) is 5.73 Å². The van der Waals surface area contributed by atoms with E-state index in [0.29, 0.717) is 12.1 Å². The summed E-state index contributed by atoms with van der Waals surface area (Å²) in [6.45, 7) is 2.20. The largest absolute Gasteiger partial charge is 0.369 e. The van der Waals surface area contributed by atoms with Gasteiger partial charge in [-0.1, -0.05) is 30.4 Å². The number of primary amides is 1. The van der Waals surface area contributed by atoms with Crippen molar-refractivity contribution in [2.24, 2.45) is 5.73 Å². The third-order valence-electron chi connectivity index (χ3n) is 4.57. The van der Waals surface area contributed by atoms with Crippen molar-refractivity contribution in [3.8, 4) is 0 Å². The summed E-state index contributed by atoms with van der Waals surface area (Å²) in [6, 6.07) is 9.03. The van der Waals surface area contributed by atoms with Crippen molar-refractivity contribution in [1.29, 1.82) is 0 Å². The average Bonchev–Trinajstić information content (AvgIpc) is 2.47. The molecule has 1 aliphatic heterocycles. The summed E-state index contributed by atoms with van der Waals surface area (Å²) in [5.74, 6) is -0.354. The van der Waals surface area contributed by atoms with Gasteiger partial charge >= 0.3 is 0 Å². The Morgan fingerprint density at radius 2 is 2.15 bits per heavy atom. The van der Waals surface area contributed by atoms with Gasteiger partial charge in [-0.25, -0.2) is 0 Å². The Morgan fingerprint density at radius 3 is 2.85 bits per heavy atom. The lowest BCUT2D eigenvalue weighted by molar-refractivity contribution is -0.119. The molecule has 3 nitrogen and oxygen atoms in total. The van der Waals surface area contributed by atoms with Crippen molar-refractivity contribution < 1.29 is 4.79 Å². The van der Waals surface area contributed by atoms with Gasteiger partial charge in [0, 0.05) is 17.8 Å². The molecule has 20 heavy (non-hydrogen) atoms. The van der Waals surface area contributed by atoms with Gasteiger partial charge < -0.3 is 10.6 Å². The molecular formula is C17H22N2O. The van der Waals surface area contributed by atoms with Crippen molar-refractivity contribution in [2.75, 3.05) is 4.90 Å². The van der Waals surface area contributed by atoms with Crippen LogP contribution in [0.2, 0.25) is 0 Å². The highest BCUT2D eigenvalue weighted by Crippen LogP contribution is 2.40. The maximum absolute atomic E-state index is 11.7. The van der Waals surface area contributed by atoms with E-state index < -0.39 is 0 Å². The zero-order valence-electron chi connectivity index (χ0n) is 12.0. The topological polar surface area (TPSA) is 46.3 Å². The van der Waals surface area contributed by atoms with Crippen LogP contribution in [-0.2, 0) is 4.79 Å². The molecule has 2 aliphatic rings. The molecule has 3 rings (SSSR count). The number of amides is 1. The fourth-order valence-corrected chi connectivity index (χ4v) is 3.64. The van der Waals surface area contributed by atoms with Crippen LogP contribution < -0.4 is 10.6 Å². The molecule has 1 amide bonds. The maximum Gasteiger partial charge on any atom is 0.225 e. The van der Waals surface area contributed by atoms with Crippen LogP contribution >= 0.6 is 0 Å². The molecular weight excluding hydrogens is 248 g/mol. The van der Waals surface area contributed by atoms with Gasteiger partial charge in [-0.15, -0.1) is 0 Å². The minimum Gasteiger partial charge on any atom is -0.369 e. The summed E-state index contributed by atoms with van der Waals surface area (Å²) in [5, 5.41) is 0. The Labute approximate surface area is 120 Å². The van der Waals surface area contributed by atoms with Crippen molar-refractivity contribution >= 4 is 11.6 Å². The van der Waals surface area contributed by atoms with Crippen molar-refractivity contribution in [3.63, 3.8) is 0 Å². The molecule has 0 fully saturated rings. The standard InChI is InChI=1S/C17H22N2O/c1-12-11-15(17(18)20)14-9-5-6-10-16(14)19(12)13-7-3-2-4-8-13/h3,5-7,9-10,12-13,15H,2,4,8,11H2,1H3,(H2,18,20)/t12-,13+,15-/m1/s1. The van der Waals surface area contributed by atoms with Crippen molar-refractivity contribution in [1.82, 2.24) is 0 Å². The number of hydrogen-bond donors (Lipinski definition) is 1. The molecule has 1 aromatic rings. The van der Waals surface area contributed by atoms with Gasteiger partial charge in [0.05, 0.1) is 5.92 Å². The highest BCUT2D eigenvalue weighted by atomic mass is 16.1. The van der Waals surface area contributed by atoms with Gasteiger partial charge in [0.2, 0.25) is 5.91 Å². The van der Waals surface area contributed by atoms with E-state index in [2.05, 4.69) is 42.2 Å². The second-order valence-corrected chi connectivity index (χ2v) is 5.93. The Hall–Kier alpha value is -1.77. The van der Waals surface area contributed by atoms with Crippen LogP contribution in [-0.4, -0.2) is 18.0 Å². The number of benzene rings is 1. The predicted molar refractivity (Wildman–Crippen MR) is 81.7 cm³/mol. The SMILES string of the molecule is C[C@@H]1C[C@@H](C(N)=O)c2ccccc2N1[C@H]1C=CCCC1. The van der Waals surface area contributed by atoms with E-state index in [-0.39, 0.29) is 11.8 Å². The van der Waals surface area contributed by atoms with Gasteiger partial charge in [0.25, 0.3) is 0 Å². The monoisotopic (exact) mass is 270 g/mol. The first kappa shape index (κ1) is 13.2. The third-order valence-corrected chi connectivity index (χ3v) is 4.57. The Bertz CT molecular complexity index is 538. The number of nitrogens with two attached hydrogens (primary N) is 1. The first-order valence-electron chi connectivity index (χ1n) is 7.51. The number of rotatable bonds is 2. The average molecular weight is 270 g/mol. The molecule has 3 atom stereocenters. The number of nitrogens with zero attached hydrogens (tertiary/aromatic N) is 1. The molecule has 0 spiro atoms. The van der Waals surface area contributed by atoms with E-state index in [1.807, 2.05) is 6.07 Å². The summed E-state index contributed by atoms with van der Waals surface area (Å²) in [5.41, 5.74) is 7.88. The highest BCUT2D eigenvalue weighted by molar-refractivity contribution is 5.85.